The molecule has 4 nitrogen and oxygen atoms in total. The minimum absolute atomic E-state index is 0.225. The third-order valence-corrected chi connectivity index (χ3v) is 5.15. The standard InChI is InChI=1S/C22H26O4/c1-3-15-5-7-16(8-6-15)10-18-11-17(9-4-14(18)2)20-12-19(24)22(25)21(13-23)26-20/h4-9,11,19-21,23-24H,3,10,12-13H2,1-2H3. The van der Waals surface area contributed by atoms with Crippen LogP contribution < -0.4 is 0 Å². The summed E-state index contributed by atoms with van der Waals surface area (Å²) < 4.78 is 5.72. The van der Waals surface area contributed by atoms with Gasteiger partial charge in [0.1, 0.15) is 12.2 Å². The monoisotopic (exact) mass is 354 g/mol. The molecule has 0 spiro atoms. The average molecular weight is 354 g/mol. The number of hydrogen-bond acceptors (Lipinski definition) is 4. The van der Waals surface area contributed by atoms with Crippen LogP contribution in [0.2, 0.25) is 0 Å². The highest BCUT2D eigenvalue weighted by Gasteiger charge is 2.36. The lowest BCUT2D eigenvalue weighted by Gasteiger charge is -2.31. The Bertz CT molecular complexity index is 766. The van der Waals surface area contributed by atoms with E-state index in [2.05, 4.69) is 44.2 Å². The molecule has 0 aliphatic carbocycles. The van der Waals surface area contributed by atoms with Gasteiger partial charge in [0.25, 0.3) is 0 Å². The van der Waals surface area contributed by atoms with E-state index in [1.54, 1.807) is 0 Å². The molecule has 0 bridgehead atoms. The van der Waals surface area contributed by atoms with E-state index in [0.29, 0.717) is 0 Å². The third-order valence-electron chi connectivity index (χ3n) is 5.15. The van der Waals surface area contributed by atoms with Crippen molar-refractivity contribution in [2.24, 2.45) is 0 Å². The second kappa shape index (κ2) is 8.12. The van der Waals surface area contributed by atoms with Gasteiger partial charge in [0.15, 0.2) is 5.78 Å². The van der Waals surface area contributed by atoms with Crippen LogP contribution in [-0.4, -0.2) is 34.8 Å². The van der Waals surface area contributed by atoms with Crippen molar-refractivity contribution in [1.29, 1.82) is 0 Å². The fourth-order valence-electron chi connectivity index (χ4n) is 3.40. The van der Waals surface area contributed by atoms with E-state index in [9.17, 15) is 15.0 Å². The SMILES string of the molecule is CCc1ccc(Cc2cc(C3CC(O)C(=O)C(CO)O3)ccc2C)cc1. The lowest BCUT2D eigenvalue weighted by atomic mass is 9.91. The summed E-state index contributed by atoms with van der Waals surface area (Å²) in [7, 11) is 0. The van der Waals surface area contributed by atoms with E-state index in [-0.39, 0.29) is 12.5 Å². The van der Waals surface area contributed by atoms with E-state index in [4.69, 9.17) is 4.74 Å². The Morgan fingerprint density at radius 2 is 1.81 bits per heavy atom. The number of carbonyl (C=O) groups is 1. The number of aryl methyl sites for hydroxylation is 2. The Kier molecular flexibility index (Phi) is 5.87. The third kappa shape index (κ3) is 4.04. The van der Waals surface area contributed by atoms with Crippen molar-refractivity contribution in [3.8, 4) is 0 Å². The molecule has 1 aliphatic heterocycles. The molecule has 3 atom stereocenters. The normalized spacial score (nSPS) is 23.2. The fraction of sp³-hybridized carbons (Fsp3) is 0.409. The van der Waals surface area contributed by atoms with E-state index in [0.717, 1.165) is 18.4 Å². The zero-order valence-electron chi connectivity index (χ0n) is 15.3. The maximum absolute atomic E-state index is 11.8. The Balaban J connectivity index is 1.81. The van der Waals surface area contributed by atoms with Gasteiger partial charge in [-0.1, -0.05) is 49.4 Å². The topological polar surface area (TPSA) is 66.8 Å². The van der Waals surface area contributed by atoms with Crippen LogP contribution in [0.3, 0.4) is 0 Å². The highest BCUT2D eigenvalue weighted by molar-refractivity contribution is 5.88. The molecule has 2 aromatic carbocycles. The summed E-state index contributed by atoms with van der Waals surface area (Å²) in [5, 5.41) is 19.3. The van der Waals surface area contributed by atoms with E-state index in [1.807, 2.05) is 12.1 Å². The molecule has 2 aromatic rings. The summed E-state index contributed by atoms with van der Waals surface area (Å²) in [6.07, 6.45) is -0.348. The van der Waals surface area contributed by atoms with Crippen molar-refractivity contribution >= 4 is 5.78 Å². The Hall–Kier alpha value is -2.01. The van der Waals surface area contributed by atoms with Gasteiger partial charge in [0.2, 0.25) is 0 Å². The fourth-order valence-corrected chi connectivity index (χ4v) is 3.40. The first-order valence-corrected chi connectivity index (χ1v) is 9.17. The van der Waals surface area contributed by atoms with Crippen molar-refractivity contribution in [3.63, 3.8) is 0 Å². The number of rotatable bonds is 5. The zero-order valence-corrected chi connectivity index (χ0v) is 15.3. The lowest BCUT2D eigenvalue weighted by molar-refractivity contribution is -0.161. The summed E-state index contributed by atoms with van der Waals surface area (Å²) in [5.74, 6) is -0.438. The number of hydrogen-bond donors (Lipinski definition) is 2. The average Bonchev–Trinajstić information content (AvgIpc) is 2.66. The van der Waals surface area contributed by atoms with E-state index < -0.39 is 24.6 Å². The molecule has 26 heavy (non-hydrogen) atoms. The van der Waals surface area contributed by atoms with Crippen LogP contribution in [0.5, 0.6) is 0 Å². The predicted molar refractivity (Wildman–Crippen MR) is 100 cm³/mol. The van der Waals surface area contributed by atoms with Crippen LogP contribution in [-0.2, 0) is 22.4 Å². The molecule has 0 amide bonds. The molecule has 0 aromatic heterocycles. The van der Waals surface area contributed by atoms with Crippen LogP contribution in [0, 0.1) is 6.92 Å². The number of aliphatic hydroxyl groups excluding tert-OH is 2. The summed E-state index contributed by atoms with van der Waals surface area (Å²) in [5.41, 5.74) is 5.89. The van der Waals surface area contributed by atoms with Crippen molar-refractivity contribution in [1.82, 2.24) is 0 Å². The Labute approximate surface area is 154 Å². The van der Waals surface area contributed by atoms with Crippen molar-refractivity contribution < 1.29 is 19.7 Å². The first-order valence-electron chi connectivity index (χ1n) is 9.17. The Morgan fingerprint density at radius 1 is 1.12 bits per heavy atom. The van der Waals surface area contributed by atoms with E-state index >= 15 is 0 Å². The van der Waals surface area contributed by atoms with Crippen LogP contribution in [0.15, 0.2) is 42.5 Å². The lowest BCUT2D eigenvalue weighted by Crippen LogP contribution is -2.43. The van der Waals surface area contributed by atoms with Crippen LogP contribution >= 0.6 is 0 Å². The van der Waals surface area contributed by atoms with Gasteiger partial charge in [0.05, 0.1) is 12.7 Å². The van der Waals surface area contributed by atoms with Crippen molar-refractivity contribution in [2.45, 2.75) is 51.4 Å². The molecule has 0 radical (unpaired) electrons. The summed E-state index contributed by atoms with van der Waals surface area (Å²) in [6, 6.07) is 14.7. The van der Waals surface area contributed by atoms with Gasteiger partial charge >= 0.3 is 0 Å². The summed E-state index contributed by atoms with van der Waals surface area (Å²) in [6.45, 7) is 3.82. The molecule has 2 N–H and O–H groups in total. The maximum Gasteiger partial charge on any atom is 0.192 e. The van der Waals surface area contributed by atoms with Crippen LogP contribution in [0.4, 0.5) is 0 Å². The highest BCUT2D eigenvalue weighted by Crippen LogP contribution is 2.31. The first kappa shape index (κ1) is 18.8. The molecule has 1 heterocycles. The first-order chi connectivity index (χ1) is 12.5. The second-order valence-electron chi connectivity index (χ2n) is 6.98. The minimum Gasteiger partial charge on any atom is -0.393 e. The molecule has 138 valence electrons. The smallest absolute Gasteiger partial charge is 0.192 e. The highest BCUT2D eigenvalue weighted by atomic mass is 16.5. The van der Waals surface area contributed by atoms with Crippen molar-refractivity contribution in [2.75, 3.05) is 6.61 Å². The predicted octanol–water partition coefficient (Wildman–Crippen LogP) is 2.90. The molecule has 1 aliphatic rings. The number of ketones is 1. The van der Waals surface area contributed by atoms with E-state index in [1.165, 1.54) is 22.3 Å². The molecule has 1 fully saturated rings. The number of Topliss-reactive ketones (excluding diaryl/α,β-unsaturated/α-hetero) is 1. The van der Waals surface area contributed by atoms with Crippen LogP contribution in [0.25, 0.3) is 0 Å². The number of carbonyl (C=O) groups excluding carboxylic acids is 1. The minimum atomic E-state index is -1.09. The number of benzene rings is 2. The molecular formula is C22H26O4. The number of aliphatic hydroxyl groups is 2. The van der Waals surface area contributed by atoms with Gasteiger partial charge in [-0.2, -0.15) is 0 Å². The van der Waals surface area contributed by atoms with Gasteiger partial charge in [-0.3, -0.25) is 4.79 Å². The van der Waals surface area contributed by atoms with Gasteiger partial charge in [-0.15, -0.1) is 0 Å². The quantitative estimate of drug-likeness (QED) is 0.866. The molecule has 3 unspecified atom stereocenters. The molecular weight excluding hydrogens is 328 g/mol. The zero-order chi connectivity index (χ0) is 18.7. The summed E-state index contributed by atoms with van der Waals surface area (Å²) in [4.78, 5) is 11.8. The van der Waals surface area contributed by atoms with Gasteiger partial charge in [-0.25, -0.2) is 0 Å². The van der Waals surface area contributed by atoms with Gasteiger partial charge in [-0.05, 0) is 47.6 Å². The number of ether oxygens (including phenoxy) is 1. The molecule has 1 saturated heterocycles. The molecule has 0 saturated carbocycles. The van der Waals surface area contributed by atoms with Crippen molar-refractivity contribution in [3.05, 3.63) is 70.3 Å². The van der Waals surface area contributed by atoms with Gasteiger partial charge in [0, 0.05) is 6.42 Å². The Morgan fingerprint density at radius 3 is 2.46 bits per heavy atom. The molecule has 3 rings (SSSR count). The van der Waals surface area contributed by atoms with Gasteiger partial charge < -0.3 is 14.9 Å². The summed E-state index contributed by atoms with van der Waals surface area (Å²) >= 11 is 0. The van der Waals surface area contributed by atoms with Crippen LogP contribution in [0.1, 0.15) is 47.3 Å². The largest absolute Gasteiger partial charge is 0.393 e. The maximum atomic E-state index is 11.8. The molecule has 4 heteroatoms. The second-order valence-corrected chi connectivity index (χ2v) is 6.98.